The van der Waals surface area contributed by atoms with E-state index in [-0.39, 0.29) is 5.54 Å². The van der Waals surface area contributed by atoms with Crippen LogP contribution < -0.4 is 5.32 Å². The normalized spacial score (nSPS) is 20.7. The van der Waals surface area contributed by atoms with Crippen molar-refractivity contribution < 1.29 is 0 Å². The lowest BCUT2D eigenvalue weighted by molar-refractivity contribution is 0.584. The second kappa shape index (κ2) is 5.38. The van der Waals surface area contributed by atoms with Gasteiger partial charge in [-0.1, -0.05) is 24.3 Å². The number of nitrogens with zero attached hydrogens (tertiary/aromatic N) is 1. The van der Waals surface area contributed by atoms with E-state index in [2.05, 4.69) is 65.5 Å². The van der Waals surface area contributed by atoms with E-state index in [1.54, 1.807) is 22.7 Å². The van der Waals surface area contributed by atoms with Crippen LogP contribution >= 0.6 is 22.7 Å². The van der Waals surface area contributed by atoms with Gasteiger partial charge in [-0.2, -0.15) is 0 Å². The summed E-state index contributed by atoms with van der Waals surface area (Å²) < 4.78 is 0. The van der Waals surface area contributed by atoms with Crippen molar-refractivity contribution >= 4 is 39.8 Å². The van der Waals surface area contributed by atoms with Crippen molar-refractivity contribution in [3.63, 3.8) is 0 Å². The third-order valence-corrected chi connectivity index (χ3v) is 6.01. The minimum absolute atomic E-state index is 0.135. The Kier molecular flexibility index (Phi) is 3.36. The van der Waals surface area contributed by atoms with Gasteiger partial charge in [0.05, 0.1) is 22.6 Å². The number of hydrogen-bond acceptors (Lipinski definition) is 4. The number of rotatable bonds is 2. The van der Waals surface area contributed by atoms with Gasteiger partial charge in [0.25, 0.3) is 0 Å². The van der Waals surface area contributed by atoms with Crippen molar-refractivity contribution in [2.24, 2.45) is 4.99 Å². The van der Waals surface area contributed by atoms with Crippen LogP contribution in [0.3, 0.4) is 0 Å². The van der Waals surface area contributed by atoms with Crippen LogP contribution in [0.1, 0.15) is 23.1 Å². The SMILES string of the molecule is C[C@@]1(c2cccs2)CC(c2cccs2)=Nc2ccccc2N1. The van der Waals surface area contributed by atoms with E-state index in [1.165, 1.54) is 9.75 Å². The van der Waals surface area contributed by atoms with E-state index < -0.39 is 0 Å². The molecule has 2 nitrogen and oxygen atoms in total. The average Bonchev–Trinajstić information content (AvgIpc) is 3.20. The maximum absolute atomic E-state index is 4.96. The third-order valence-electron chi connectivity index (χ3n) is 3.96. The van der Waals surface area contributed by atoms with E-state index in [0.717, 1.165) is 23.5 Å². The zero-order valence-corrected chi connectivity index (χ0v) is 13.9. The van der Waals surface area contributed by atoms with Gasteiger partial charge in [-0.25, -0.2) is 4.99 Å². The summed E-state index contributed by atoms with van der Waals surface area (Å²) in [5, 5.41) is 7.99. The number of anilines is 1. The van der Waals surface area contributed by atoms with E-state index in [1.807, 2.05) is 6.07 Å². The molecule has 1 aliphatic rings. The first-order chi connectivity index (χ1) is 10.7. The highest BCUT2D eigenvalue weighted by atomic mass is 32.1. The zero-order chi connectivity index (χ0) is 15.0. The lowest BCUT2D eigenvalue weighted by Gasteiger charge is -2.30. The smallest absolute Gasteiger partial charge is 0.0865 e. The zero-order valence-electron chi connectivity index (χ0n) is 12.2. The van der Waals surface area contributed by atoms with Gasteiger partial charge in [0, 0.05) is 16.2 Å². The van der Waals surface area contributed by atoms with Crippen molar-refractivity contribution in [3.05, 3.63) is 69.0 Å². The Hall–Kier alpha value is -1.91. The van der Waals surface area contributed by atoms with Crippen LogP contribution in [0.5, 0.6) is 0 Å². The molecule has 0 unspecified atom stereocenters. The highest BCUT2D eigenvalue weighted by Crippen LogP contribution is 2.40. The molecule has 0 bridgehead atoms. The Labute approximate surface area is 138 Å². The van der Waals surface area contributed by atoms with Gasteiger partial charge >= 0.3 is 0 Å². The Morgan fingerprint density at radius 1 is 1.00 bits per heavy atom. The van der Waals surface area contributed by atoms with Crippen LogP contribution in [0.4, 0.5) is 11.4 Å². The second-order valence-corrected chi connectivity index (χ2v) is 7.56. The average molecular weight is 324 g/mol. The first-order valence-electron chi connectivity index (χ1n) is 7.27. The molecule has 0 amide bonds. The predicted molar refractivity (Wildman–Crippen MR) is 96.9 cm³/mol. The Morgan fingerprint density at radius 3 is 2.59 bits per heavy atom. The van der Waals surface area contributed by atoms with Crippen molar-refractivity contribution in [1.29, 1.82) is 0 Å². The van der Waals surface area contributed by atoms with Crippen molar-refractivity contribution in [2.45, 2.75) is 18.9 Å². The minimum Gasteiger partial charge on any atom is -0.373 e. The quantitative estimate of drug-likeness (QED) is 0.646. The van der Waals surface area contributed by atoms with Gasteiger partial charge in [0.2, 0.25) is 0 Å². The molecule has 110 valence electrons. The van der Waals surface area contributed by atoms with Crippen molar-refractivity contribution in [3.8, 4) is 0 Å². The molecule has 1 aliphatic heterocycles. The summed E-state index contributed by atoms with van der Waals surface area (Å²) in [5.41, 5.74) is 3.14. The van der Waals surface area contributed by atoms with Gasteiger partial charge in [0.15, 0.2) is 0 Å². The fourth-order valence-electron chi connectivity index (χ4n) is 2.86. The molecule has 0 aliphatic carbocycles. The summed E-state index contributed by atoms with van der Waals surface area (Å²) in [6.07, 6.45) is 0.878. The summed E-state index contributed by atoms with van der Waals surface area (Å²) in [6, 6.07) is 16.9. The van der Waals surface area contributed by atoms with Gasteiger partial charge in [0.1, 0.15) is 0 Å². The molecular weight excluding hydrogens is 308 g/mol. The molecule has 22 heavy (non-hydrogen) atoms. The van der Waals surface area contributed by atoms with E-state index in [9.17, 15) is 0 Å². The molecule has 0 saturated carbocycles. The highest BCUT2D eigenvalue weighted by molar-refractivity contribution is 7.12. The number of thiophene rings is 2. The summed E-state index contributed by atoms with van der Waals surface area (Å²) in [6.45, 7) is 2.27. The van der Waals surface area contributed by atoms with Gasteiger partial charge < -0.3 is 5.32 Å². The van der Waals surface area contributed by atoms with Crippen LogP contribution in [-0.4, -0.2) is 5.71 Å². The van der Waals surface area contributed by atoms with Crippen LogP contribution in [0.15, 0.2) is 64.3 Å². The first kappa shape index (κ1) is 13.7. The van der Waals surface area contributed by atoms with Crippen LogP contribution in [0.2, 0.25) is 0 Å². The van der Waals surface area contributed by atoms with Crippen LogP contribution in [0, 0.1) is 0 Å². The number of nitrogens with one attached hydrogen (secondary N) is 1. The standard InChI is InChI=1S/C18H16N2S2/c1-18(17-9-5-11-22-17)12-15(16-8-4-10-21-16)19-13-6-2-3-7-14(13)20-18/h2-11,20H,12H2,1H3/t18-/m0/s1. The summed E-state index contributed by atoms with van der Waals surface area (Å²) >= 11 is 3.55. The molecule has 0 spiro atoms. The Bertz CT molecular complexity index is 804. The van der Waals surface area contributed by atoms with Gasteiger partial charge in [-0.05, 0) is 41.9 Å². The maximum Gasteiger partial charge on any atom is 0.0865 e. The molecule has 3 heterocycles. The third kappa shape index (κ3) is 2.38. The Balaban J connectivity index is 1.87. The minimum atomic E-state index is -0.135. The van der Waals surface area contributed by atoms with Gasteiger partial charge in [-0.3, -0.25) is 0 Å². The van der Waals surface area contributed by atoms with E-state index in [4.69, 9.17) is 4.99 Å². The van der Waals surface area contributed by atoms with Crippen molar-refractivity contribution in [1.82, 2.24) is 0 Å². The molecule has 1 aromatic carbocycles. The summed E-state index contributed by atoms with van der Waals surface area (Å²) in [5.74, 6) is 0. The fourth-order valence-corrected chi connectivity index (χ4v) is 4.42. The predicted octanol–water partition coefficient (Wildman–Crippen LogP) is 5.66. The summed E-state index contributed by atoms with van der Waals surface area (Å²) in [4.78, 5) is 7.55. The largest absolute Gasteiger partial charge is 0.373 e. The monoisotopic (exact) mass is 324 g/mol. The molecule has 3 aromatic rings. The van der Waals surface area contributed by atoms with Gasteiger partial charge in [-0.15, -0.1) is 22.7 Å². The van der Waals surface area contributed by atoms with E-state index in [0.29, 0.717) is 0 Å². The lowest BCUT2D eigenvalue weighted by atomic mass is 9.92. The molecule has 4 heteroatoms. The molecule has 0 radical (unpaired) electrons. The molecule has 0 saturated heterocycles. The topological polar surface area (TPSA) is 24.4 Å². The molecule has 1 N–H and O–H groups in total. The maximum atomic E-state index is 4.96. The Morgan fingerprint density at radius 2 is 1.82 bits per heavy atom. The fraction of sp³-hybridized carbons (Fsp3) is 0.167. The molecule has 2 aromatic heterocycles. The summed E-state index contributed by atoms with van der Waals surface area (Å²) in [7, 11) is 0. The van der Waals surface area contributed by atoms with Crippen LogP contribution in [0.25, 0.3) is 0 Å². The molecular formula is C18H16N2S2. The van der Waals surface area contributed by atoms with Crippen molar-refractivity contribution in [2.75, 3.05) is 5.32 Å². The number of benzene rings is 1. The highest BCUT2D eigenvalue weighted by Gasteiger charge is 2.33. The lowest BCUT2D eigenvalue weighted by Crippen LogP contribution is -2.32. The van der Waals surface area contributed by atoms with Crippen LogP contribution in [-0.2, 0) is 5.54 Å². The number of aliphatic imine (C=N–C) groups is 1. The number of para-hydroxylation sites is 2. The molecule has 1 atom stereocenters. The molecule has 4 rings (SSSR count). The number of fused-ring (bicyclic) bond motifs is 1. The van der Waals surface area contributed by atoms with E-state index >= 15 is 0 Å². The molecule has 0 fully saturated rings. The first-order valence-corrected chi connectivity index (χ1v) is 9.03. The second-order valence-electron chi connectivity index (χ2n) is 5.66. The number of hydrogen-bond donors (Lipinski definition) is 1.